The minimum atomic E-state index is -0.0684. The summed E-state index contributed by atoms with van der Waals surface area (Å²) < 4.78 is 2.39. The summed E-state index contributed by atoms with van der Waals surface area (Å²) in [5.41, 5.74) is 21.8. The van der Waals surface area contributed by atoms with Gasteiger partial charge < -0.3 is 9.47 Å². The third-order valence-electron chi connectivity index (χ3n) is 14.6. The Labute approximate surface area is 403 Å². The van der Waals surface area contributed by atoms with Crippen molar-refractivity contribution >= 4 is 49.6 Å². The van der Waals surface area contributed by atoms with E-state index < -0.39 is 0 Å². The number of hydrogen-bond acceptors (Lipinski definition) is 1. The Kier molecular flexibility index (Phi) is 9.55. The summed E-state index contributed by atoms with van der Waals surface area (Å²) in [7, 11) is 0. The Bertz CT molecular complexity index is 3890. The summed E-state index contributed by atoms with van der Waals surface area (Å²) in [6.45, 7) is 4.71. The SMILES string of the molecule is CC1(C)c2ccccc2-c2c(-c3ccc(N(c4ccc(-c5cccc6c5c5ccccc5n6-c5ccccc5)cc4)c4ccccc4-c4cccc5cccc(-c6ccccc6)c45)cc3)cccc21. The molecule has 2 nitrogen and oxygen atoms in total. The van der Waals surface area contributed by atoms with Crippen LogP contribution >= 0.6 is 0 Å². The van der Waals surface area contributed by atoms with E-state index in [0.29, 0.717) is 0 Å². The molecule has 0 atom stereocenters. The average Bonchev–Trinajstić information content (AvgIpc) is 3.88. The van der Waals surface area contributed by atoms with Gasteiger partial charge in [0.05, 0.1) is 16.7 Å². The van der Waals surface area contributed by atoms with E-state index >= 15 is 0 Å². The van der Waals surface area contributed by atoms with Gasteiger partial charge in [-0.1, -0.05) is 214 Å². The molecule has 1 aliphatic rings. The molecule has 11 aromatic carbocycles. The van der Waals surface area contributed by atoms with Crippen LogP contribution in [0.15, 0.2) is 255 Å². The van der Waals surface area contributed by atoms with Crippen LogP contribution in [0.3, 0.4) is 0 Å². The van der Waals surface area contributed by atoms with Crippen LogP contribution in [0.4, 0.5) is 17.1 Å². The maximum Gasteiger partial charge on any atom is 0.0547 e. The molecule has 0 N–H and O–H groups in total. The first-order chi connectivity index (χ1) is 34.0. The van der Waals surface area contributed by atoms with Crippen molar-refractivity contribution in [2.24, 2.45) is 0 Å². The predicted octanol–water partition coefficient (Wildman–Crippen LogP) is 18.4. The smallest absolute Gasteiger partial charge is 0.0547 e. The van der Waals surface area contributed by atoms with Gasteiger partial charge in [-0.2, -0.15) is 0 Å². The van der Waals surface area contributed by atoms with Crippen LogP contribution in [0.2, 0.25) is 0 Å². The number of anilines is 3. The van der Waals surface area contributed by atoms with Crippen LogP contribution in [0.1, 0.15) is 25.0 Å². The Balaban J connectivity index is 0.984. The molecular formula is C67H48N2. The number of nitrogens with zero attached hydrogens (tertiary/aromatic N) is 2. The van der Waals surface area contributed by atoms with Gasteiger partial charge in [-0.15, -0.1) is 0 Å². The van der Waals surface area contributed by atoms with Gasteiger partial charge in [-0.25, -0.2) is 0 Å². The van der Waals surface area contributed by atoms with Crippen molar-refractivity contribution in [1.82, 2.24) is 4.57 Å². The van der Waals surface area contributed by atoms with Crippen LogP contribution in [-0.4, -0.2) is 4.57 Å². The van der Waals surface area contributed by atoms with E-state index in [4.69, 9.17) is 0 Å². The molecule has 12 aromatic rings. The molecule has 0 bridgehead atoms. The van der Waals surface area contributed by atoms with Gasteiger partial charge in [0.15, 0.2) is 0 Å². The van der Waals surface area contributed by atoms with E-state index in [9.17, 15) is 0 Å². The zero-order valence-electron chi connectivity index (χ0n) is 38.6. The molecule has 1 heterocycles. The van der Waals surface area contributed by atoms with E-state index in [1.54, 1.807) is 0 Å². The first kappa shape index (κ1) is 40.5. The molecule has 0 amide bonds. The van der Waals surface area contributed by atoms with Crippen LogP contribution in [-0.2, 0) is 5.41 Å². The van der Waals surface area contributed by atoms with Crippen molar-refractivity contribution in [1.29, 1.82) is 0 Å². The number of para-hydroxylation sites is 3. The second-order valence-corrected chi connectivity index (χ2v) is 18.8. The fourth-order valence-electron chi connectivity index (χ4n) is 11.4. The van der Waals surface area contributed by atoms with Crippen LogP contribution < -0.4 is 4.90 Å². The minimum Gasteiger partial charge on any atom is -0.310 e. The Morgan fingerprint density at radius 2 is 0.826 bits per heavy atom. The second kappa shape index (κ2) is 16.3. The van der Waals surface area contributed by atoms with Gasteiger partial charge in [0.25, 0.3) is 0 Å². The molecule has 0 saturated heterocycles. The lowest BCUT2D eigenvalue weighted by Gasteiger charge is -2.29. The van der Waals surface area contributed by atoms with Gasteiger partial charge >= 0.3 is 0 Å². The monoisotopic (exact) mass is 880 g/mol. The highest BCUT2D eigenvalue weighted by molar-refractivity contribution is 6.16. The average molecular weight is 881 g/mol. The Morgan fingerprint density at radius 1 is 0.333 bits per heavy atom. The fraction of sp³-hybridized carbons (Fsp3) is 0.0448. The first-order valence-electron chi connectivity index (χ1n) is 24.0. The molecule has 2 heteroatoms. The predicted molar refractivity (Wildman–Crippen MR) is 292 cm³/mol. The highest BCUT2D eigenvalue weighted by Gasteiger charge is 2.36. The topological polar surface area (TPSA) is 8.17 Å². The number of rotatable bonds is 8. The second-order valence-electron chi connectivity index (χ2n) is 18.8. The molecule has 13 rings (SSSR count). The fourth-order valence-corrected chi connectivity index (χ4v) is 11.4. The van der Waals surface area contributed by atoms with Gasteiger partial charge in [0, 0.05) is 38.8 Å². The molecule has 0 fully saturated rings. The molecule has 69 heavy (non-hydrogen) atoms. The molecule has 0 aliphatic heterocycles. The van der Waals surface area contributed by atoms with Gasteiger partial charge in [0.2, 0.25) is 0 Å². The lowest BCUT2D eigenvalue weighted by molar-refractivity contribution is 0.660. The summed E-state index contributed by atoms with van der Waals surface area (Å²) in [5.74, 6) is 0. The maximum atomic E-state index is 2.45. The molecule has 0 radical (unpaired) electrons. The van der Waals surface area contributed by atoms with Crippen molar-refractivity contribution in [3.05, 3.63) is 266 Å². The molecule has 1 aromatic heterocycles. The van der Waals surface area contributed by atoms with Gasteiger partial charge in [-0.3, -0.25) is 0 Å². The summed E-state index contributed by atoms with van der Waals surface area (Å²) >= 11 is 0. The van der Waals surface area contributed by atoms with Crippen molar-refractivity contribution in [2.75, 3.05) is 4.90 Å². The van der Waals surface area contributed by atoms with E-state index in [0.717, 1.165) is 28.3 Å². The van der Waals surface area contributed by atoms with Crippen molar-refractivity contribution in [3.8, 4) is 61.3 Å². The lowest BCUT2D eigenvalue weighted by atomic mass is 9.82. The van der Waals surface area contributed by atoms with Crippen LogP contribution in [0, 0.1) is 0 Å². The normalized spacial score (nSPS) is 12.6. The summed E-state index contributed by atoms with van der Waals surface area (Å²) in [5, 5.41) is 4.96. The van der Waals surface area contributed by atoms with Crippen molar-refractivity contribution in [2.45, 2.75) is 19.3 Å². The van der Waals surface area contributed by atoms with Crippen molar-refractivity contribution < 1.29 is 0 Å². The highest BCUT2D eigenvalue weighted by atomic mass is 15.1. The van der Waals surface area contributed by atoms with Gasteiger partial charge in [0.1, 0.15) is 0 Å². The molecule has 1 aliphatic carbocycles. The first-order valence-corrected chi connectivity index (χ1v) is 24.0. The van der Waals surface area contributed by atoms with Crippen LogP contribution in [0.25, 0.3) is 93.9 Å². The zero-order valence-corrected chi connectivity index (χ0v) is 38.6. The largest absolute Gasteiger partial charge is 0.310 e. The molecule has 0 unspecified atom stereocenters. The zero-order chi connectivity index (χ0) is 46.1. The van der Waals surface area contributed by atoms with Crippen LogP contribution in [0.5, 0.6) is 0 Å². The standard InChI is InChI=1S/C67H48N2/c1-67(2)59-32-12-9-26-57(59)65-53(29-17-33-60(65)67)46-37-41-50(42-38-46)68(61-34-13-10-25-55(61)56-31-16-22-48-21-15-28-52(64(48)56)45-19-5-3-6-20-45)51-43-39-47(40-44-51)54-30-18-36-63-66(54)58-27-11-14-35-62(58)69(63)49-23-7-4-8-24-49/h3-44H,1-2H3. The Hall–Kier alpha value is -8.72. The van der Waals surface area contributed by atoms with E-state index in [1.807, 2.05) is 0 Å². The highest BCUT2D eigenvalue weighted by Crippen LogP contribution is 2.53. The Morgan fingerprint density at radius 3 is 1.57 bits per heavy atom. The quantitative estimate of drug-likeness (QED) is 0.148. The number of hydrogen-bond donors (Lipinski definition) is 0. The van der Waals surface area contributed by atoms with E-state index in [1.165, 1.54) is 93.8 Å². The third kappa shape index (κ3) is 6.55. The molecule has 0 spiro atoms. The van der Waals surface area contributed by atoms with Gasteiger partial charge in [-0.05, 0) is 127 Å². The number of fused-ring (bicyclic) bond motifs is 7. The molecule has 326 valence electrons. The summed E-state index contributed by atoms with van der Waals surface area (Å²) in [6.07, 6.45) is 0. The maximum absolute atomic E-state index is 2.45. The summed E-state index contributed by atoms with van der Waals surface area (Å²) in [4.78, 5) is 2.45. The molecule has 0 saturated carbocycles. The summed E-state index contributed by atoms with van der Waals surface area (Å²) in [6, 6.07) is 93.6. The molecular weight excluding hydrogens is 833 g/mol. The van der Waals surface area contributed by atoms with Crippen molar-refractivity contribution in [3.63, 3.8) is 0 Å². The van der Waals surface area contributed by atoms with E-state index in [-0.39, 0.29) is 5.41 Å². The van der Waals surface area contributed by atoms with E-state index in [2.05, 4.69) is 278 Å². The minimum absolute atomic E-state index is 0.0684. The number of benzene rings is 11. The number of aromatic nitrogens is 1. The third-order valence-corrected chi connectivity index (χ3v) is 14.6. The lowest BCUT2D eigenvalue weighted by Crippen LogP contribution is -2.14.